The number of benzene rings is 2. The predicted molar refractivity (Wildman–Crippen MR) is 234 cm³/mol. The van der Waals surface area contributed by atoms with E-state index in [1.807, 2.05) is 47.5 Å². The van der Waals surface area contributed by atoms with E-state index in [9.17, 15) is 19.5 Å². The van der Waals surface area contributed by atoms with Crippen molar-refractivity contribution in [3.05, 3.63) is 80.9 Å². The lowest BCUT2D eigenvalue weighted by Gasteiger charge is -2.32. The average Bonchev–Trinajstić information content (AvgIpc) is 4.03. The summed E-state index contributed by atoms with van der Waals surface area (Å²) < 4.78 is 3.80. The van der Waals surface area contributed by atoms with Gasteiger partial charge in [-0.1, -0.05) is 47.5 Å². The molecular weight excluding hydrogens is 799 g/mol. The third-order valence-electron chi connectivity index (χ3n) is 14.8. The van der Waals surface area contributed by atoms with Gasteiger partial charge in [0.1, 0.15) is 0 Å². The molecule has 12 nitrogen and oxygen atoms in total. The van der Waals surface area contributed by atoms with Crippen LogP contribution in [-0.4, -0.2) is 78.0 Å². The normalized spacial score (nSPS) is 24.0. The standard InChI is InChI=1S/C46H56Cl2N8O4/c1-53-37-16-22-55(21-15-28-9-11-30(12-10-28)45(59)60)26-35(37)49-41(53)43(57)51-33-7-3-5-31(39(33)47)32-6-4-8-34(40(32)48)52-44(58)42-50-36-27-56(23-17-38(36)54(42)2)24-20-46-18-13-29(25-46)14-19-46/h3-8,28-30H,9-27H2,1-2H3,(H,51,57)(H,52,58)(H,59,60)/t28-,29?,30-,46?. The van der Waals surface area contributed by atoms with E-state index >= 15 is 0 Å². The fraction of sp³-hybridized carbons (Fsp3) is 0.543. The molecule has 0 spiro atoms. The Kier molecular flexibility index (Phi) is 11.6. The Morgan fingerprint density at radius 1 is 0.750 bits per heavy atom. The maximum Gasteiger partial charge on any atom is 0.306 e. The molecule has 0 radical (unpaired) electrons. The van der Waals surface area contributed by atoms with Crippen molar-refractivity contribution in [2.24, 2.45) is 37.3 Å². The summed E-state index contributed by atoms with van der Waals surface area (Å²) in [4.78, 5) is 53.4. The summed E-state index contributed by atoms with van der Waals surface area (Å²) in [5, 5.41) is 16.0. The Hall–Kier alpha value is -4.23. The summed E-state index contributed by atoms with van der Waals surface area (Å²) in [6.45, 7) is 5.32. The number of nitrogens with zero attached hydrogens (tertiary/aromatic N) is 6. The van der Waals surface area contributed by atoms with Crippen molar-refractivity contribution < 1.29 is 19.5 Å². The zero-order chi connectivity index (χ0) is 41.7. The molecule has 2 aromatic heterocycles. The van der Waals surface area contributed by atoms with Crippen LogP contribution in [0.25, 0.3) is 11.1 Å². The summed E-state index contributed by atoms with van der Waals surface area (Å²) in [6.07, 6.45) is 14.4. The van der Waals surface area contributed by atoms with Crippen molar-refractivity contribution in [1.82, 2.24) is 28.9 Å². The largest absolute Gasteiger partial charge is 0.481 e. The van der Waals surface area contributed by atoms with E-state index in [2.05, 4.69) is 20.4 Å². The number of carbonyl (C=O) groups is 3. The second kappa shape index (κ2) is 16.9. The van der Waals surface area contributed by atoms with Crippen molar-refractivity contribution in [3.8, 4) is 11.1 Å². The molecule has 14 heteroatoms. The van der Waals surface area contributed by atoms with E-state index in [1.54, 1.807) is 12.1 Å². The second-order valence-corrected chi connectivity index (χ2v) is 19.1. The molecule has 9 rings (SSSR count). The van der Waals surface area contributed by atoms with E-state index < -0.39 is 5.97 Å². The molecule has 3 aliphatic carbocycles. The first kappa shape index (κ1) is 41.1. The van der Waals surface area contributed by atoms with Gasteiger partial charge in [0.25, 0.3) is 11.8 Å². The van der Waals surface area contributed by atoms with Gasteiger partial charge in [-0.25, -0.2) is 9.97 Å². The van der Waals surface area contributed by atoms with Crippen molar-refractivity contribution >= 4 is 52.4 Å². The first-order valence-electron chi connectivity index (χ1n) is 21.9. The minimum Gasteiger partial charge on any atom is -0.481 e. The number of nitrogens with one attached hydrogen (secondary N) is 2. The van der Waals surface area contributed by atoms with Crippen LogP contribution in [0.15, 0.2) is 36.4 Å². The molecule has 3 fully saturated rings. The Labute approximate surface area is 362 Å². The van der Waals surface area contributed by atoms with Gasteiger partial charge in [-0.15, -0.1) is 0 Å². The number of amides is 2. The Bertz CT molecular complexity index is 2300. The summed E-state index contributed by atoms with van der Waals surface area (Å²) >= 11 is 14.0. The van der Waals surface area contributed by atoms with Gasteiger partial charge >= 0.3 is 5.97 Å². The van der Waals surface area contributed by atoms with Crippen molar-refractivity contribution in [3.63, 3.8) is 0 Å². The highest BCUT2D eigenvalue weighted by Gasteiger charge is 2.44. The molecule has 4 heterocycles. The Morgan fingerprint density at radius 3 is 1.75 bits per heavy atom. The zero-order valence-corrected chi connectivity index (χ0v) is 36.3. The van der Waals surface area contributed by atoms with Gasteiger partial charge in [0.05, 0.1) is 38.7 Å². The van der Waals surface area contributed by atoms with Crippen LogP contribution in [0.4, 0.5) is 11.4 Å². The number of rotatable bonds is 12. The average molecular weight is 856 g/mol. The molecule has 0 atom stereocenters. The summed E-state index contributed by atoms with van der Waals surface area (Å²) in [6, 6.07) is 10.8. The molecule has 2 bridgehead atoms. The van der Waals surface area contributed by atoms with Crippen LogP contribution in [0.1, 0.15) is 115 Å². The van der Waals surface area contributed by atoms with Crippen molar-refractivity contribution in [1.29, 1.82) is 0 Å². The first-order chi connectivity index (χ1) is 28.9. The molecule has 2 aromatic carbocycles. The van der Waals surface area contributed by atoms with E-state index in [4.69, 9.17) is 33.2 Å². The van der Waals surface area contributed by atoms with Crippen LogP contribution in [-0.2, 0) is 44.8 Å². The van der Waals surface area contributed by atoms with E-state index in [0.717, 1.165) is 106 Å². The lowest BCUT2D eigenvalue weighted by atomic mass is 9.80. The smallest absolute Gasteiger partial charge is 0.306 e. The molecule has 4 aromatic rings. The van der Waals surface area contributed by atoms with Crippen LogP contribution in [0.5, 0.6) is 0 Å². The molecule has 2 aliphatic heterocycles. The number of imidazole rings is 2. The Morgan fingerprint density at radius 2 is 1.27 bits per heavy atom. The third-order valence-corrected chi connectivity index (χ3v) is 15.6. The van der Waals surface area contributed by atoms with Crippen LogP contribution in [0.2, 0.25) is 10.0 Å². The molecule has 318 valence electrons. The second-order valence-electron chi connectivity index (χ2n) is 18.3. The topological polar surface area (TPSA) is 138 Å². The molecule has 0 unspecified atom stereocenters. The summed E-state index contributed by atoms with van der Waals surface area (Å²) in [5.41, 5.74) is 6.70. The van der Waals surface area contributed by atoms with Crippen molar-refractivity contribution in [2.75, 3.05) is 36.8 Å². The number of fused-ring (bicyclic) bond motifs is 4. The minimum atomic E-state index is -0.667. The van der Waals surface area contributed by atoms with Gasteiger partial charge in [-0.2, -0.15) is 0 Å². The van der Waals surface area contributed by atoms with Crippen LogP contribution in [0.3, 0.4) is 0 Å². The molecule has 3 N–H and O–H groups in total. The quantitative estimate of drug-likeness (QED) is 0.129. The highest BCUT2D eigenvalue weighted by atomic mass is 35.5. The molecule has 5 aliphatic rings. The van der Waals surface area contributed by atoms with Crippen LogP contribution < -0.4 is 10.6 Å². The van der Waals surface area contributed by atoms with E-state index in [-0.39, 0.29) is 17.7 Å². The maximum absolute atomic E-state index is 13.8. The molecule has 2 amide bonds. The SMILES string of the molecule is Cn1c(C(=O)Nc2cccc(-c3cccc(NC(=O)c4nc5c(n4C)CCN(CC[C@H]4CC[C@H](C(=O)O)CC4)C5)c3Cl)c2Cl)nc2c1CCN(CCC13CCC(CC1)C3)C2. The maximum atomic E-state index is 13.8. The van der Waals surface area contributed by atoms with Crippen LogP contribution >= 0.6 is 23.2 Å². The van der Waals surface area contributed by atoms with Gasteiger partial charge < -0.3 is 24.9 Å². The number of aliphatic carboxylic acids is 1. The number of carbonyl (C=O) groups excluding carboxylic acids is 2. The molecule has 60 heavy (non-hydrogen) atoms. The van der Waals surface area contributed by atoms with Gasteiger partial charge in [-0.3, -0.25) is 24.2 Å². The molecular formula is C46H56Cl2N8O4. The third kappa shape index (κ3) is 8.12. The Balaban J connectivity index is 0.834. The number of hydrogen-bond donors (Lipinski definition) is 3. The lowest BCUT2D eigenvalue weighted by Crippen LogP contribution is -2.34. The monoisotopic (exact) mass is 854 g/mol. The van der Waals surface area contributed by atoms with Gasteiger partial charge in [0, 0.05) is 75.6 Å². The van der Waals surface area contributed by atoms with Crippen LogP contribution in [0, 0.1) is 23.2 Å². The lowest BCUT2D eigenvalue weighted by molar-refractivity contribution is -0.143. The predicted octanol–water partition coefficient (Wildman–Crippen LogP) is 8.60. The van der Waals surface area contributed by atoms with Gasteiger partial charge in [0.2, 0.25) is 0 Å². The number of carboxylic acid groups (broad SMARTS) is 1. The number of carboxylic acids is 1. The fourth-order valence-electron chi connectivity index (χ4n) is 11.1. The summed E-state index contributed by atoms with van der Waals surface area (Å²) in [7, 11) is 3.80. The minimum absolute atomic E-state index is 0.196. The highest BCUT2D eigenvalue weighted by Crippen LogP contribution is 2.56. The van der Waals surface area contributed by atoms with Crippen molar-refractivity contribution in [2.45, 2.75) is 96.6 Å². The first-order valence-corrected chi connectivity index (χ1v) is 22.7. The number of hydrogen-bond acceptors (Lipinski definition) is 7. The zero-order valence-electron chi connectivity index (χ0n) is 34.7. The molecule has 0 saturated heterocycles. The van der Waals surface area contributed by atoms with E-state index in [1.165, 1.54) is 38.5 Å². The highest BCUT2D eigenvalue weighted by molar-refractivity contribution is 6.40. The van der Waals surface area contributed by atoms with Gasteiger partial charge in [0.15, 0.2) is 11.6 Å². The number of anilines is 2. The van der Waals surface area contributed by atoms with E-state index in [0.29, 0.717) is 62.1 Å². The molecule has 3 saturated carbocycles. The number of aromatic nitrogens is 4. The number of halogens is 2. The summed E-state index contributed by atoms with van der Waals surface area (Å²) in [5.74, 6) is 0.638. The fourth-order valence-corrected chi connectivity index (χ4v) is 11.7. The van der Waals surface area contributed by atoms with Gasteiger partial charge in [-0.05, 0) is 113 Å².